The van der Waals surface area contributed by atoms with Gasteiger partial charge in [-0.05, 0) is 25.8 Å². The molecule has 0 radical (unpaired) electrons. The van der Waals surface area contributed by atoms with E-state index in [4.69, 9.17) is 16.7 Å². The summed E-state index contributed by atoms with van der Waals surface area (Å²) in [4.78, 5) is 47.7. The zero-order valence-corrected chi connectivity index (χ0v) is 12.8. The van der Waals surface area contributed by atoms with Crippen LogP contribution in [0.1, 0.15) is 32.1 Å². The lowest BCUT2D eigenvalue weighted by Gasteiger charge is -2.30. The highest BCUT2D eigenvalue weighted by Gasteiger charge is 2.36. The van der Waals surface area contributed by atoms with Crippen molar-refractivity contribution in [2.45, 2.75) is 44.2 Å². The molecule has 0 aliphatic carbocycles. The number of nitrogens with two attached hydrogens (primary N) is 2. The van der Waals surface area contributed by atoms with Crippen LogP contribution in [0.5, 0.6) is 0 Å². The highest BCUT2D eigenvalue weighted by atomic mass is 16.5. The number of rotatable bonds is 8. The van der Waals surface area contributed by atoms with Crippen molar-refractivity contribution in [3.63, 3.8) is 0 Å². The lowest BCUT2D eigenvalue weighted by Crippen LogP contribution is -2.58. The van der Waals surface area contributed by atoms with Crippen LogP contribution in [0.15, 0.2) is 0 Å². The predicted molar refractivity (Wildman–Crippen MR) is 78.7 cm³/mol. The molecule has 130 valence electrons. The molecule has 0 aromatic heterocycles. The van der Waals surface area contributed by atoms with Gasteiger partial charge in [-0.3, -0.25) is 29.3 Å². The van der Waals surface area contributed by atoms with E-state index in [1.165, 1.54) is 5.48 Å². The largest absolute Gasteiger partial charge is 0.343 e. The second-order valence-electron chi connectivity index (χ2n) is 5.34. The van der Waals surface area contributed by atoms with E-state index in [0.29, 0.717) is 24.3 Å². The number of nitrogens with zero attached hydrogens (tertiary/aromatic N) is 1. The van der Waals surface area contributed by atoms with Crippen LogP contribution < -0.4 is 22.3 Å². The number of hydroxylamine groups is 1. The number of imide groups is 1. The van der Waals surface area contributed by atoms with Gasteiger partial charge in [-0.1, -0.05) is 6.42 Å². The van der Waals surface area contributed by atoms with Crippen molar-refractivity contribution in [3.8, 4) is 0 Å². The van der Waals surface area contributed by atoms with Gasteiger partial charge in [-0.25, -0.2) is 5.48 Å². The van der Waals surface area contributed by atoms with Gasteiger partial charge in [0.2, 0.25) is 11.8 Å². The van der Waals surface area contributed by atoms with Gasteiger partial charge in [0.1, 0.15) is 12.6 Å². The fourth-order valence-electron chi connectivity index (χ4n) is 2.23. The summed E-state index contributed by atoms with van der Waals surface area (Å²) in [6.07, 6.45) is 2.06. The number of nitrogens with one attached hydrogen (secondary N) is 2. The third-order valence-electron chi connectivity index (χ3n) is 3.56. The number of carbonyl (C=O) groups excluding carboxylic acids is 4. The fraction of sp³-hybridized carbons (Fsp3) is 0.692. The highest BCUT2D eigenvalue weighted by Crippen LogP contribution is 2.13. The standard InChI is InChI=1S/C13H23N5O5/c14-6-2-1-3-8(15)12(21)16-9-4-5-11(20)18(13(9)22)7-10(19)17-23/h8-9,23H,1-7,14-15H2,(H,16,21)(H,17,19)/t8-,9-/m0/s1. The van der Waals surface area contributed by atoms with Gasteiger partial charge in [0.25, 0.3) is 11.8 Å². The Balaban J connectivity index is 2.59. The van der Waals surface area contributed by atoms with E-state index < -0.39 is 42.3 Å². The van der Waals surface area contributed by atoms with Gasteiger partial charge in [-0.2, -0.15) is 0 Å². The molecule has 10 nitrogen and oxygen atoms in total. The Morgan fingerprint density at radius 3 is 2.65 bits per heavy atom. The first-order valence-corrected chi connectivity index (χ1v) is 7.43. The Hall–Kier alpha value is -2.04. The van der Waals surface area contributed by atoms with Gasteiger partial charge < -0.3 is 16.8 Å². The third kappa shape index (κ3) is 5.58. The molecule has 1 aliphatic rings. The molecular weight excluding hydrogens is 306 g/mol. The SMILES string of the molecule is NCCCC[C@H](N)C(=O)N[C@H]1CCC(=O)N(CC(=O)NO)C1=O. The van der Waals surface area contributed by atoms with Crippen molar-refractivity contribution in [2.24, 2.45) is 11.5 Å². The molecule has 10 heteroatoms. The van der Waals surface area contributed by atoms with Crippen LogP contribution in [0.3, 0.4) is 0 Å². The first-order chi connectivity index (χ1) is 10.9. The smallest absolute Gasteiger partial charge is 0.263 e. The molecule has 0 aromatic carbocycles. The first kappa shape index (κ1) is 19.0. The van der Waals surface area contributed by atoms with E-state index in [1.54, 1.807) is 0 Å². The van der Waals surface area contributed by atoms with E-state index >= 15 is 0 Å². The Morgan fingerprint density at radius 2 is 2.04 bits per heavy atom. The van der Waals surface area contributed by atoms with Crippen molar-refractivity contribution in [3.05, 3.63) is 0 Å². The molecule has 0 spiro atoms. The van der Waals surface area contributed by atoms with E-state index in [-0.39, 0.29) is 12.8 Å². The van der Waals surface area contributed by atoms with E-state index in [0.717, 1.165) is 6.42 Å². The average molecular weight is 329 g/mol. The fourth-order valence-corrected chi connectivity index (χ4v) is 2.23. The molecule has 0 unspecified atom stereocenters. The van der Waals surface area contributed by atoms with Gasteiger partial charge >= 0.3 is 0 Å². The molecule has 23 heavy (non-hydrogen) atoms. The minimum atomic E-state index is -0.910. The minimum Gasteiger partial charge on any atom is -0.343 e. The maximum absolute atomic E-state index is 12.2. The Labute approximate surface area is 133 Å². The third-order valence-corrected chi connectivity index (χ3v) is 3.56. The summed E-state index contributed by atoms with van der Waals surface area (Å²) in [5.74, 6) is -2.60. The molecule has 0 saturated carbocycles. The van der Waals surface area contributed by atoms with Crippen LogP contribution in [0.2, 0.25) is 0 Å². The van der Waals surface area contributed by atoms with Crippen molar-refractivity contribution in [1.29, 1.82) is 0 Å². The van der Waals surface area contributed by atoms with Gasteiger partial charge in [0.15, 0.2) is 0 Å². The van der Waals surface area contributed by atoms with E-state index in [2.05, 4.69) is 5.32 Å². The number of hydrogen-bond donors (Lipinski definition) is 5. The Morgan fingerprint density at radius 1 is 1.35 bits per heavy atom. The van der Waals surface area contributed by atoms with Crippen molar-refractivity contribution < 1.29 is 24.4 Å². The summed E-state index contributed by atoms with van der Waals surface area (Å²) < 4.78 is 0. The number of hydrogen-bond acceptors (Lipinski definition) is 7. The van der Waals surface area contributed by atoms with Crippen molar-refractivity contribution >= 4 is 23.6 Å². The summed E-state index contributed by atoms with van der Waals surface area (Å²) in [5, 5.41) is 11.0. The predicted octanol–water partition coefficient (Wildman–Crippen LogP) is -2.42. The monoisotopic (exact) mass is 329 g/mol. The summed E-state index contributed by atoms with van der Waals surface area (Å²) in [6.45, 7) is -0.0808. The lowest BCUT2D eigenvalue weighted by molar-refractivity contribution is -0.154. The molecule has 2 atom stereocenters. The van der Waals surface area contributed by atoms with Gasteiger partial charge in [-0.15, -0.1) is 0 Å². The van der Waals surface area contributed by atoms with Crippen LogP contribution in [0.25, 0.3) is 0 Å². The molecule has 0 aromatic rings. The number of piperidine rings is 1. The number of amides is 4. The Bertz CT molecular complexity index is 470. The quantitative estimate of drug-likeness (QED) is 0.143. The minimum absolute atomic E-state index is 0.0117. The van der Waals surface area contributed by atoms with Gasteiger partial charge in [0, 0.05) is 6.42 Å². The van der Waals surface area contributed by atoms with Gasteiger partial charge in [0.05, 0.1) is 6.04 Å². The number of unbranched alkanes of at least 4 members (excludes halogenated alkanes) is 1. The van der Waals surface area contributed by atoms with Crippen LogP contribution in [-0.4, -0.2) is 58.9 Å². The molecule has 4 amide bonds. The van der Waals surface area contributed by atoms with E-state index in [9.17, 15) is 19.2 Å². The Kier molecular flexibility index (Phi) is 7.59. The topological polar surface area (TPSA) is 168 Å². The van der Waals surface area contributed by atoms with Crippen molar-refractivity contribution in [1.82, 2.24) is 15.7 Å². The molecular formula is C13H23N5O5. The second kappa shape index (κ2) is 9.18. The highest BCUT2D eigenvalue weighted by molar-refractivity contribution is 6.04. The second-order valence-corrected chi connectivity index (χ2v) is 5.34. The molecule has 7 N–H and O–H groups in total. The summed E-state index contributed by atoms with van der Waals surface area (Å²) >= 11 is 0. The molecule has 1 heterocycles. The first-order valence-electron chi connectivity index (χ1n) is 7.43. The average Bonchev–Trinajstić information content (AvgIpc) is 2.53. The van der Waals surface area contributed by atoms with Crippen LogP contribution in [-0.2, 0) is 19.2 Å². The molecule has 1 fully saturated rings. The number of likely N-dealkylation sites (tertiary alicyclic amines) is 1. The van der Waals surface area contributed by atoms with Crippen LogP contribution in [0.4, 0.5) is 0 Å². The molecule has 0 bridgehead atoms. The zero-order valence-electron chi connectivity index (χ0n) is 12.8. The molecule has 1 saturated heterocycles. The summed E-state index contributed by atoms with van der Waals surface area (Å²) in [6, 6.07) is -1.67. The van der Waals surface area contributed by atoms with E-state index in [1.807, 2.05) is 0 Å². The maximum atomic E-state index is 12.2. The zero-order chi connectivity index (χ0) is 17.4. The molecule has 1 rings (SSSR count). The number of carbonyl (C=O) groups is 4. The van der Waals surface area contributed by atoms with Crippen LogP contribution >= 0.6 is 0 Å². The molecule has 1 aliphatic heterocycles. The summed E-state index contributed by atoms with van der Waals surface area (Å²) in [7, 11) is 0. The van der Waals surface area contributed by atoms with Crippen molar-refractivity contribution in [2.75, 3.05) is 13.1 Å². The summed E-state index contributed by atoms with van der Waals surface area (Å²) in [5.41, 5.74) is 12.5. The van der Waals surface area contributed by atoms with Crippen LogP contribution in [0, 0.1) is 0 Å². The maximum Gasteiger partial charge on any atom is 0.263 e. The normalized spacial score (nSPS) is 19.4. The lowest BCUT2D eigenvalue weighted by atomic mass is 10.0.